The molecular formula is C21H26BrN3O. The van der Waals surface area contributed by atoms with Crippen LogP contribution in [0.15, 0.2) is 62.2 Å². The molecule has 0 saturated heterocycles. The van der Waals surface area contributed by atoms with Crippen LogP contribution in [0, 0.1) is 11.8 Å². The van der Waals surface area contributed by atoms with Gasteiger partial charge in [0.05, 0.1) is 5.71 Å². The summed E-state index contributed by atoms with van der Waals surface area (Å²) in [4.78, 5) is 14.5. The zero-order valence-electron chi connectivity index (χ0n) is 16.2. The first-order chi connectivity index (χ1) is 12.2. The topological polar surface area (TPSA) is 45.0 Å². The largest absolute Gasteiger partial charge is 0.361 e. The Kier molecular flexibility index (Phi) is 6.70. The highest BCUT2D eigenvalue weighted by atomic mass is 79.9. The zero-order valence-corrected chi connectivity index (χ0v) is 17.8. The molecule has 138 valence electrons. The third-order valence-corrected chi connectivity index (χ3v) is 4.69. The molecule has 5 heteroatoms. The van der Waals surface area contributed by atoms with Gasteiger partial charge in [-0.15, -0.1) is 10.2 Å². The molecule has 0 saturated carbocycles. The molecule has 0 unspecified atom stereocenters. The van der Waals surface area contributed by atoms with Crippen molar-refractivity contribution in [2.24, 2.45) is 22.0 Å². The van der Waals surface area contributed by atoms with E-state index in [1.807, 2.05) is 83.1 Å². The van der Waals surface area contributed by atoms with Crippen molar-refractivity contribution in [3.8, 4) is 0 Å². The summed E-state index contributed by atoms with van der Waals surface area (Å²) in [5.41, 5.74) is 3.28. The van der Waals surface area contributed by atoms with Gasteiger partial charge >= 0.3 is 0 Å². The maximum absolute atomic E-state index is 12.6. The average Bonchev–Trinajstić information content (AvgIpc) is 2.56. The number of carbonyl (C=O) groups excluding carboxylic acids is 1. The molecule has 0 bridgehead atoms. The quantitative estimate of drug-likeness (QED) is 0.305. The van der Waals surface area contributed by atoms with Gasteiger partial charge in [-0.2, -0.15) is 0 Å². The molecule has 1 aliphatic rings. The van der Waals surface area contributed by atoms with Crippen molar-refractivity contribution in [3.05, 3.63) is 57.6 Å². The van der Waals surface area contributed by atoms with Crippen molar-refractivity contribution < 1.29 is 4.79 Å². The molecule has 0 aromatic heterocycles. The number of Topliss-reactive ketones (excluding diaryl/α,β-unsaturated/α-hetero) is 1. The highest BCUT2D eigenvalue weighted by Gasteiger charge is 2.24. The van der Waals surface area contributed by atoms with Gasteiger partial charge < -0.3 is 4.90 Å². The Hall–Kier alpha value is -2.01. The first-order valence-electron chi connectivity index (χ1n) is 8.77. The van der Waals surface area contributed by atoms with Crippen molar-refractivity contribution in [1.82, 2.24) is 4.90 Å². The van der Waals surface area contributed by atoms with Gasteiger partial charge in [0, 0.05) is 35.3 Å². The molecule has 0 fully saturated rings. The Morgan fingerprint density at radius 3 is 1.88 bits per heavy atom. The second kappa shape index (κ2) is 8.58. The third-order valence-electron chi connectivity index (χ3n) is 4.16. The summed E-state index contributed by atoms with van der Waals surface area (Å²) in [6, 6.07) is 7.96. The molecule has 2 rings (SSSR count). The van der Waals surface area contributed by atoms with Crippen LogP contribution in [0.2, 0.25) is 0 Å². The smallest absolute Gasteiger partial charge is 0.185 e. The molecule has 0 spiro atoms. The molecule has 1 aliphatic carbocycles. The summed E-state index contributed by atoms with van der Waals surface area (Å²) >= 11 is 3.45. The van der Waals surface area contributed by atoms with Crippen LogP contribution in [-0.2, 0) is 4.79 Å². The molecule has 0 N–H and O–H groups in total. The number of carbonyl (C=O) groups is 1. The zero-order chi connectivity index (χ0) is 19.4. The maximum atomic E-state index is 12.6. The number of hydrogen-bond acceptors (Lipinski definition) is 3. The predicted molar refractivity (Wildman–Crippen MR) is 113 cm³/mol. The van der Waals surface area contributed by atoms with E-state index in [4.69, 9.17) is 0 Å². The van der Waals surface area contributed by atoms with Gasteiger partial charge in [0.15, 0.2) is 11.6 Å². The van der Waals surface area contributed by atoms with Crippen LogP contribution in [0.4, 0.5) is 0 Å². The number of benzene rings is 1. The fourth-order valence-corrected chi connectivity index (χ4v) is 2.95. The summed E-state index contributed by atoms with van der Waals surface area (Å²) in [5, 5.41) is 8.92. The minimum absolute atomic E-state index is 0.124. The van der Waals surface area contributed by atoms with Crippen LogP contribution in [0.1, 0.15) is 33.3 Å². The highest BCUT2D eigenvalue weighted by Crippen LogP contribution is 2.25. The molecule has 4 nitrogen and oxygen atoms in total. The van der Waals surface area contributed by atoms with Gasteiger partial charge in [-0.1, -0.05) is 55.8 Å². The van der Waals surface area contributed by atoms with Crippen molar-refractivity contribution in [3.63, 3.8) is 0 Å². The van der Waals surface area contributed by atoms with Crippen molar-refractivity contribution >= 4 is 33.3 Å². The van der Waals surface area contributed by atoms with Gasteiger partial charge in [-0.3, -0.25) is 4.79 Å². The number of ketones is 1. The molecule has 0 aliphatic heterocycles. The normalized spacial score (nSPS) is 15.3. The number of hydrogen-bond donors (Lipinski definition) is 0. The van der Waals surface area contributed by atoms with Crippen LogP contribution in [0.5, 0.6) is 0 Å². The van der Waals surface area contributed by atoms with E-state index >= 15 is 0 Å². The van der Waals surface area contributed by atoms with Crippen molar-refractivity contribution in [1.29, 1.82) is 0 Å². The van der Waals surface area contributed by atoms with E-state index in [1.54, 1.807) is 0 Å². The predicted octanol–water partition coefficient (Wildman–Crippen LogP) is 4.86. The molecule has 0 amide bonds. The first kappa shape index (κ1) is 20.3. The van der Waals surface area contributed by atoms with Crippen LogP contribution < -0.4 is 0 Å². The average molecular weight is 416 g/mol. The third kappa shape index (κ3) is 4.79. The monoisotopic (exact) mass is 415 g/mol. The van der Waals surface area contributed by atoms with E-state index < -0.39 is 0 Å². The number of rotatable bonds is 4. The lowest BCUT2D eigenvalue weighted by Gasteiger charge is -2.20. The molecular weight excluding hydrogens is 390 g/mol. The maximum Gasteiger partial charge on any atom is 0.185 e. The fraction of sp³-hybridized carbons (Fsp3) is 0.381. The lowest BCUT2D eigenvalue weighted by molar-refractivity contribution is -0.113. The summed E-state index contributed by atoms with van der Waals surface area (Å²) in [6.07, 6.45) is 3.72. The molecule has 1 aromatic carbocycles. The molecule has 0 atom stereocenters. The first-order valence-corrected chi connectivity index (χ1v) is 9.56. The van der Waals surface area contributed by atoms with Gasteiger partial charge in [0.1, 0.15) is 0 Å². The summed E-state index contributed by atoms with van der Waals surface area (Å²) in [7, 11) is 3.88. The lowest BCUT2D eigenvalue weighted by Crippen LogP contribution is -2.23. The van der Waals surface area contributed by atoms with Crippen molar-refractivity contribution in [2.75, 3.05) is 14.1 Å². The van der Waals surface area contributed by atoms with E-state index in [0.29, 0.717) is 5.71 Å². The molecule has 1 aromatic rings. The highest BCUT2D eigenvalue weighted by molar-refractivity contribution is 9.10. The molecule has 0 heterocycles. The number of halogens is 1. The second-order valence-electron chi connectivity index (χ2n) is 7.19. The Balaban J connectivity index is 2.48. The van der Waals surface area contributed by atoms with Gasteiger partial charge in [-0.05, 0) is 36.1 Å². The van der Waals surface area contributed by atoms with E-state index in [9.17, 15) is 4.79 Å². The van der Waals surface area contributed by atoms with Gasteiger partial charge in [0.25, 0.3) is 0 Å². The van der Waals surface area contributed by atoms with E-state index in [-0.39, 0.29) is 17.6 Å². The minimum atomic E-state index is 0.124. The Morgan fingerprint density at radius 2 is 1.46 bits per heavy atom. The second-order valence-corrected chi connectivity index (χ2v) is 8.10. The Bertz CT molecular complexity index is 767. The summed E-state index contributed by atoms with van der Waals surface area (Å²) in [6.45, 7) is 8.11. The number of nitrogens with zero attached hydrogens (tertiary/aromatic N) is 3. The van der Waals surface area contributed by atoms with Gasteiger partial charge in [-0.25, -0.2) is 0 Å². The van der Waals surface area contributed by atoms with Crippen LogP contribution in [0.25, 0.3) is 0 Å². The van der Waals surface area contributed by atoms with Crippen LogP contribution in [-0.4, -0.2) is 36.3 Å². The summed E-state index contributed by atoms with van der Waals surface area (Å²) < 4.78 is 1.02. The van der Waals surface area contributed by atoms with E-state index in [1.165, 1.54) is 0 Å². The Morgan fingerprint density at radius 1 is 0.962 bits per heavy atom. The SMILES string of the molecule is CC(C)C1=CC(=NN=C(c2ccc(Br)cc2)N(C)C)C=C(C(C)C)C1=O. The lowest BCUT2D eigenvalue weighted by atomic mass is 9.84. The van der Waals surface area contributed by atoms with Crippen molar-refractivity contribution in [2.45, 2.75) is 27.7 Å². The number of amidine groups is 1. The van der Waals surface area contributed by atoms with Crippen LogP contribution >= 0.6 is 15.9 Å². The standard InChI is InChI=1S/C21H26BrN3O/c1-13(2)18-11-17(12-19(14(3)4)20(18)26)23-24-21(25(5)6)15-7-9-16(22)10-8-15/h7-14H,1-6H3. The van der Waals surface area contributed by atoms with Gasteiger partial charge in [0.2, 0.25) is 0 Å². The van der Waals surface area contributed by atoms with Crippen LogP contribution in [0.3, 0.4) is 0 Å². The fourth-order valence-electron chi connectivity index (χ4n) is 2.68. The summed E-state index contributed by atoms with van der Waals surface area (Å²) in [5.74, 6) is 1.19. The minimum Gasteiger partial charge on any atom is -0.361 e. The Labute approximate surface area is 164 Å². The molecule has 0 radical (unpaired) electrons. The molecule has 26 heavy (non-hydrogen) atoms. The van der Waals surface area contributed by atoms with E-state index in [2.05, 4.69) is 26.1 Å². The van der Waals surface area contributed by atoms with E-state index in [0.717, 1.165) is 27.0 Å². The number of allylic oxidation sites excluding steroid dienone is 4.